The Morgan fingerprint density at radius 2 is 1.00 bits per heavy atom. The van der Waals surface area contributed by atoms with Gasteiger partial charge in [0.15, 0.2) is 11.6 Å². The lowest BCUT2D eigenvalue weighted by Gasteiger charge is -2.11. The Labute approximate surface area is 251 Å². The Hall–Kier alpha value is -6.28. The highest BCUT2D eigenvalue weighted by Crippen LogP contribution is 2.42. The van der Waals surface area contributed by atoms with E-state index in [-0.39, 0.29) is 0 Å². The maximum atomic E-state index is 4.42. The Kier molecular flexibility index (Phi) is 5.33. The predicted molar refractivity (Wildman–Crippen MR) is 173 cm³/mol. The summed E-state index contributed by atoms with van der Waals surface area (Å²) < 4.78 is 4.72. The second kappa shape index (κ2) is 9.64. The minimum atomic E-state index is 0.643. The van der Waals surface area contributed by atoms with Gasteiger partial charge in [-0.1, -0.05) is 42.5 Å². The topological polar surface area (TPSA) is 87.2 Å². The van der Waals surface area contributed by atoms with Gasteiger partial charge in [-0.05, 0) is 66.7 Å². The zero-order valence-corrected chi connectivity index (χ0v) is 23.3. The summed E-state index contributed by atoms with van der Waals surface area (Å²) in [6.07, 6.45) is 6.11. The van der Waals surface area contributed by atoms with Crippen molar-refractivity contribution >= 4 is 43.6 Å². The number of hydrogen-bond donors (Lipinski definition) is 0. The second-order valence-corrected chi connectivity index (χ2v) is 10.6. The third-order valence-corrected chi connectivity index (χ3v) is 8.21. The lowest BCUT2D eigenvalue weighted by atomic mass is 10.1. The predicted octanol–water partition coefficient (Wildman–Crippen LogP) is 7.58. The number of aromatic nitrogens is 8. The van der Waals surface area contributed by atoms with E-state index in [4.69, 9.17) is 0 Å². The van der Waals surface area contributed by atoms with Gasteiger partial charge in [-0.2, -0.15) is 0 Å². The monoisotopic (exact) mass is 566 g/mol. The molecule has 206 valence electrons. The molecular weight excluding hydrogens is 544 g/mol. The number of fused-ring (bicyclic) bond motifs is 7. The fourth-order valence-electron chi connectivity index (χ4n) is 6.36. The van der Waals surface area contributed by atoms with Crippen molar-refractivity contribution in [3.8, 4) is 34.2 Å². The highest BCUT2D eigenvalue weighted by atomic mass is 15.0. The molecule has 5 aromatic carbocycles. The van der Waals surface area contributed by atoms with E-state index in [1.165, 1.54) is 36.1 Å². The van der Waals surface area contributed by atoms with Crippen molar-refractivity contribution < 1.29 is 0 Å². The van der Waals surface area contributed by atoms with Crippen LogP contribution in [0.2, 0.25) is 0 Å². The smallest absolute Gasteiger partial charge is 0.162 e. The minimum absolute atomic E-state index is 0.643. The van der Waals surface area contributed by atoms with Crippen LogP contribution < -0.4 is 0 Å². The number of para-hydroxylation sites is 2. The summed E-state index contributed by atoms with van der Waals surface area (Å²) in [5.74, 6) is 1.29. The van der Waals surface area contributed by atoms with E-state index in [2.05, 4.69) is 148 Å². The van der Waals surface area contributed by atoms with Crippen LogP contribution >= 0.6 is 0 Å². The summed E-state index contributed by atoms with van der Waals surface area (Å²) in [4.78, 5) is 25.5. The second-order valence-electron chi connectivity index (χ2n) is 10.6. The average Bonchev–Trinajstić information content (AvgIpc) is 3.62. The van der Waals surface area contributed by atoms with Crippen molar-refractivity contribution in [3.05, 3.63) is 135 Å². The van der Waals surface area contributed by atoms with Gasteiger partial charge in [-0.15, -0.1) is 0 Å². The van der Waals surface area contributed by atoms with Crippen LogP contribution in [0, 0.1) is 0 Å². The number of benzene rings is 5. The average molecular weight is 567 g/mol. The van der Waals surface area contributed by atoms with E-state index in [0.717, 1.165) is 55.3 Å². The van der Waals surface area contributed by atoms with Gasteiger partial charge in [0, 0.05) is 44.0 Å². The molecule has 4 heterocycles. The van der Waals surface area contributed by atoms with E-state index in [9.17, 15) is 0 Å². The number of rotatable bonds is 4. The van der Waals surface area contributed by atoms with Crippen LogP contribution in [0.5, 0.6) is 0 Å². The highest BCUT2D eigenvalue weighted by Gasteiger charge is 2.21. The molecule has 0 N–H and O–H groups in total. The third kappa shape index (κ3) is 3.64. The standard InChI is InChI=1S/C36H22N8/c1-2-6-25(7-3-1)43-30-9-5-4-8-28(30)33-32(43)17-15-27-29-18-24(36-41-21-38-22-42-36)12-16-31(29)44(34(27)33)26-13-10-23(11-14-26)35-39-19-37-20-40-35/h1-22H. The molecule has 9 aromatic rings. The van der Waals surface area contributed by atoms with Crippen molar-refractivity contribution in [2.24, 2.45) is 0 Å². The first kappa shape index (κ1) is 24.3. The molecule has 0 unspecified atom stereocenters. The van der Waals surface area contributed by atoms with Crippen LogP contribution in [-0.2, 0) is 0 Å². The first-order valence-electron chi connectivity index (χ1n) is 14.3. The maximum absolute atomic E-state index is 4.42. The van der Waals surface area contributed by atoms with E-state index >= 15 is 0 Å². The van der Waals surface area contributed by atoms with E-state index in [1.807, 2.05) is 0 Å². The van der Waals surface area contributed by atoms with E-state index < -0.39 is 0 Å². The van der Waals surface area contributed by atoms with E-state index in [0.29, 0.717) is 11.6 Å². The first-order chi connectivity index (χ1) is 21.8. The van der Waals surface area contributed by atoms with Crippen molar-refractivity contribution in [3.63, 3.8) is 0 Å². The molecule has 0 radical (unpaired) electrons. The number of nitrogens with zero attached hydrogens (tertiary/aromatic N) is 8. The molecule has 0 saturated heterocycles. The normalized spacial score (nSPS) is 11.6. The summed E-state index contributed by atoms with van der Waals surface area (Å²) in [6, 6.07) is 38.5. The Morgan fingerprint density at radius 1 is 0.409 bits per heavy atom. The van der Waals surface area contributed by atoms with Crippen LogP contribution in [0.25, 0.3) is 77.8 Å². The lowest BCUT2D eigenvalue weighted by Crippen LogP contribution is -1.96. The Morgan fingerprint density at radius 3 is 1.75 bits per heavy atom. The Balaban J connectivity index is 1.40. The van der Waals surface area contributed by atoms with E-state index in [1.54, 1.807) is 0 Å². The van der Waals surface area contributed by atoms with Crippen molar-refractivity contribution in [1.82, 2.24) is 39.0 Å². The molecule has 0 aliphatic rings. The summed E-state index contributed by atoms with van der Waals surface area (Å²) >= 11 is 0. The summed E-state index contributed by atoms with van der Waals surface area (Å²) in [7, 11) is 0. The fraction of sp³-hybridized carbons (Fsp3) is 0. The van der Waals surface area contributed by atoms with Gasteiger partial charge in [0.1, 0.15) is 25.3 Å². The summed E-state index contributed by atoms with van der Waals surface area (Å²) in [5.41, 5.74) is 8.58. The van der Waals surface area contributed by atoms with Gasteiger partial charge >= 0.3 is 0 Å². The van der Waals surface area contributed by atoms with Crippen molar-refractivity contribution in [1.29, 1.82) is 0 Å². The number of hydrogen-bond acceptors (Lipinski definition) is 6. The molecular formula is C36H22N8. The molecule has 0 atom stereocenters. The first-order valence-corrected chi connectivity index (χ1v) is 14.3. The molecule has 44 heavy (non-hydrogen) atoms. The minimum Gasteiger partial charge on any atom is -0.309 e. The van der Waals surface area contributed by atoms with Crippen LogP contribution in [0.15, 0.2) is 135 Å². The van der Waals surface area contributed by atoms with Gasteiger partial charge in [0.25, 0.3) is 0 Å². The summed E-state index contributed by atoms with van der Waals surface area (Å²) in [6.45, 7) is 0. The Bertz CT molecular complexity index is 2470. The maximum Gasteiger partial charge on any atom is 0.162 e. The van der Waals surface area contributed by atoms with Gasteiger partial charge in [0.2, 0.25) is 0 Å². The quantitative estimate of drug-likeness (QED) is 0.218. The molecule has 0 fully saturated rings. The molecule has 8 heteroatoms. The van der Waals surface area contributed by atoms with Gasteiger partial charge in [0.05, 0.1) is 22.1 Å². The molecule has 0 bridgehead atoms. The molecule has 0 aliphatic carbocycles. The highest BCUT2D eigenvalue weighted by molar-refractivity contribution is 6.26. The van der Waals surface area contributed by atoms with Gasteiger partial charge < -0.3 is 9.13 Å². The largest absolute Gasteiger partial charge is 0.309 e. The lowest BCUT2D eigenvalue weighted by molar-refractivity contribution is 1.05. The van der Waals surface area contributed by atoms with Crippen LogP contribution in [0.4, 0.5) is 0 Å². The molecule has 0 aliphatic heterocycles. The molecule has 8 nitrogen and oxygen atoms in total. The zero-order chi connectivity index (χ0) is 29.0. The van der Waals surface area contributed by atoms with Crippen LogP contribution in [-0.4, -0.2) is 39.0 Å². The fourth-order valence-corrected chi connectivity index (χ4v) is 6.36. The molecule has 0 amide bonds. The molecule has 0 spiro atoms. The third-order valence-electron chi connectivity index (χ3n) is 8.21. The zero-order valence-electron chi connectivity index (χ0n) is 23.3. The van der Waals surface area contributed by atoms with Gasteiger partial charge in [-0.3, -0.25) is 0 Å². The van der Waals surface area contributed by atoms with Gasteiger partial charge in [-0.25, -0.2) is 29.9 Å². The van der Waals surface area contributed by atoms with Crippen molar-refractivity contribution in [2.45, 2.75) is 0 Å². The molecule has 0 saturated carbocycles. The van der Waals surface area contributed by atoms with Crippen LogP contribution in [0.1, 0.15) is 0 Å². The molecule has 4 aromatic heterocycles. The molecule has 9 rings (SSSR count). The van der Waals surface area contributed by atoms with Crippen molar-refractivity contribution in [2.75, 3.05) is 0 Å². The SMILES string of the molecule is c1ccc(-n2c3ccccc3c3c2ccc2c4cc(-c5ncncn5)ccc4n(-c4ccc(-c5ncncn5)cc4)c23)cc1. The summed E-state index contributed by atoms with van der Waals surface area (Å²) in [5, 5.41) is 4.67. The van der Waals surface area contributed by atoms with Crippen LogP contribution in [0.3, 0.4) is 0 Å².